The monoisotopic (exact) mass is 140 g/mol. The number of aromatic nitrogens is 2. The second-order valence-electron chi connectivity index (χ2n) is 1.85. The molecule has 0 aliphatic carbocycles. The number of imidazole rings is 1. The summed E-state index contributed by atoms with van der Waals surface area (Å²) < 4.78 is 2.03. The van der Waals surface area contributed by atoms with Gasteiger partial charge >= 0.3 is 0 Å². The number of hydrogen-bond donors (Lipinski definition) is 0. The molecule has 1 aromatic rings. The Balaban J connectivity index is 0.000000371. The quantitative estimate of drug-likeness (QED) is 0.583. The lowest BCUT2D eigenvalue weighted by molar-refractivity contribution is 0.833. The second kappa shape index (κ2) is 5.03. The van der Waals surface area contributed by atoms with Crippen molar-refractivity contribution < 1.29 is 0 Å². The normalized spacial score (nSPS) is 8.40. The number of nitrogens with zero attached hydrogens (tertiary/aromatic N) is 2. The molecule has 0 amide bonds. The largest absolute Gasteiger partial charge is 0.338 e. The number of aryl methyl sites for hydroxylation is 2. The van der Waals surface area contributed by atoms with Crippen LogP contribution in [0.5, 0.6) is 0 Å². The van der Waals surface area contributed by atoms with Gasteiger partial charge in [-0.05, 0) is 6.42 Å². The lowest BCUT2D eigenvalue weighted by Crippen LogP contribution is -1.90. The smallest absolute Gasteiger partial charge is 0.0945 e. The third-order valence-corrected chi connectivity index (χ3v) is 1.28. The summed E-state index contributed by atoms with van der Waals surface area (Å²) in [6.07, 6.45) is 4.77. The van der Waals surface area contributed by atoms with Crippen LogP contribution in [0.25, 0.3) is 0 Å². The molecule has 0 saturated carbocycles. The molecule has 0 aliphatic rings. The van der Waals surface area contributed by atoms with Crippen LogP contribution in [0.4, 0.5) is 0 Å². The van der Waals surface area contributed by atoms with Gasteiger partial charge in [0.05, 0.1) is 6.33 Å². The minimum atomic E-state index is 1.07. The Hall–Kier alpha value is -0.790. The molecule has 2 heteroatoms. The van der Waals surface area contributed by atoms with Crippen molar-refractivity contribution in [3.8, 4) is 0 Å². The van der Waals surface area contributed by atoms with Crippen LogP contribution < -0.4 is 0 Å². The van der Waals surface area contributed by atoms with Gasteiger partial charge in [0.15, 0.2) is 0 Å². The zero-order valence-corrected chi connectivity index (χ0v) is 7.26. The van der Waals surface area contributed by atoms with Gasteiger partial charge in [-0.25, -0.2) is 4.98 Å². The molecule has 0 aromatic carbocycles. The van der Waals surface area contributed by atoms with E-state index in [2.05, 4.69) is 11.9 Å². The second-order valence-corrected chi connectivity index (χ2v) is 1.85. The van der Waals surface area contributed by atoms with E-state index in [1.807, 2.05) is 38.0 Å². The summed E-state index contributed by atoms with van der Waals surface area (Å²) in [6.45, 7) is 6.12. The first-order valence-corrected chi connectivity index (χ1v) is 3.79. The van der Waals surface area contributed by atoms with Gasteiger partial charge in [0.1, 0.15) is 0 Å². The number of hydrogen-bond acceptors (Lipinski definition) is 1. The molecule has 0 bridgehead atoms. The molecule has 0 fully saturated rings. The van der Waals surface area contributed by atoms with E-state index in [-0.39, 0.29) is 0 Å². The van der Waals surface area contributed by atoms with Crippen molar-refractivity contribution >= 4 is 0 Å². The summed E-state index contributed by atoms with van der Waals surface area (Å²) in [5.74, 6) is 0. The van der Waals surface area contributed by atoms with Crippen molar-refractivity contribution in [2.45, 2.75) is 27.2 Å². The lowest BCUT2D eigenvalue weighted by Gasteiger charge is -1.93. The zero-order valence-electron chi connectivity index (χ0n) is 7.26. The van der Waals surface area contributed by atoms with Crippen molar-refractivity contribution in [2.75, 3.05) is 0 Å². The fraction of sp³-hybridized carbons (Fsp3) is 0.625. The molecule has 10 heavy (non-hydrogen) atoms. The highest BCUT2D eigenvalue weighted by atomic mass is 15.0. The molecule has 58 valence electrons. The van der Waals surface area contributed by atoms with Gasteiger partial charge in [0.2, 0.25) is 0 Å². The standard InChI is InChI=1S/C6H10N2.C2H6/c1-3-6-4-7-5-8(6)2;1-2/h4-5H,3H2,1-2H3;1-2H3. The van der Waals surface area contributed by atoms with E-state index >= 15 is 0 Å². The Morgan fingerprint density at radius 2 is 2.10 bits per heavy atom. The van der Waals surface area contributed by atoms with Crippen LogP contribution in [0.1, 0.15) is 26.5 Å². The molecule has 0 unspecified atom stereocenters. The molecule has 0 spiro atoms. The summed E-state index contributed by atoms with van der Waals surface area (Å²) in [5, 5.41) is 0. The van der Waals surface area contributed by atoms with Crippen molar-refractivity contribution in [1.29, 1.82) is 0 Å². The SMILES string of the molecule is CC.CCc1cncn1C. The van der Waals surface area contributed by atoms with Crippen LogP contribution in [0.15, 0.2) is 12.5 Å². The molecule has 1 rings (SSSR count). The Morgan fingerprint density at radius 1 is 1.50 bits per heavy atom. The van der Waals surface area contributed by atoms with Gasteiger partial charge in [0.25, 0.3) is 0 Å². The fourth-order valence-electron chi connectivity index (χ4n) is 0.725. The maximum atomic E-state index is 3.96. The van der Waals surface area contributed by atoms with Crippen LogP contribution in [0.2, 0.25) is 0 Å². The topological polar surface area (TPSA) is 17.8 Å². The van der Waals surface area contributed by atoms with Gasteiger partial charge in [0, 0.05) is 18.9 Å². The summed E-state index contributed by atoms with van der Waals surface area (Å²) in [6, 6.07) is 0. The first kappa shape index (κ1) is 9.21. The Kier molecular flexibility index (Phi) is 4.63. The van der Waals surface area contributed by atoms with Crippen molar-refractivity contribution in [3.63, 3.8) is 0 Å². The van der Waals surface area contributed by atoms with Gasteiger partial charge < -0.3 is 4.57 Å². The van der Waals surface area contributed by atoms with E-state index in [1.165, 1.54) is 5.69 Å². The molecule has 0 N–H and O–H groups in total. The maximum Gasteiger partial charge on any atom is 0.0945 e. The molecular weight excluding hydrogens is 124 g/mol. The van der Waals surface area contributed by atoms with Crippen LogP contribution >= 0.6 is 0 Å². The van der Waals surface area contributed by atoms with E-state index in [0.717, 1.165) is 6.42 Å². The molecule has 1 aromatic heterocycles. The highest BCUT2D eigenvalue weighted by Crippen LogP contribution is 1.94. The molecule has 0 aliphatic heterocycles. The van der Waals surface area contributed by atoms with Crippen molar-refractivity contribution in [1.82, 2.24) is 9.55 Å². The Morgan fingerprint density at radius 3 is 2.30 bits per heavy atom. The average molecular weight is 140 g/mol. The molecular formula is C8H16N2. The van der Waals surface area contributed by atoms with Gasteiger partial charge in [-0.1, -0.05) is 20.8 Å². The summed E-state index contributed by atoms with van der Waals surface area (Å²) in [7, 11) is 2.01. The maximum absolute atomic E-state index is 3.96. The predicted molar refractivity (Wildman–Crippen MR) is 43.9 cm³/mol. The van der Waals surface area contributed by atoms with Crippen LogP contribution in [0.3, 0.4) is 0 Å². The van der Waals surface area contributed by atoms with E-state index in [1.54, 1.807) is 0 Å². The lowest BCUT2D eigenvalue weighted by atomic mass is 10.4. The summed E-state index contributed by atoms with van der Waals surface area (Å²) in [4.78, 5) is 3.96. The third kappa shape index (κ3) is 2.21. The molecule has 2 nitrogen and oxygen atoms in total. The first-order chi connectivity index (χ1) is 4.84. The molecule has 0 radical (unpaired) electrons. The van der Waals surface area contributed by atoms with Crippen LogP contribution in [-0.4, -0.2) is 9.55 Å². The Labute approximate surface area is 62.9 Å². The van der Waals surface area contributed by atoms with E-state index in [0.29, 0.717) is 0 Å². The molecule has 1 heterocycles. The van der Waals surface area contributed by atoms with Gasteiger partial charge in [-0.3, -0.25) is 0 Å². The third-order valence-electron chi connectivity index (χ3n) is 1.28. The van der Waals surface area contributed by atoms with Crippen molar-refractivity contribution in [2.24, 2.45) is 7.05 Å². The predicted octanol–water partition coefficient (Wildman–Crippen LogP) is 2.01. The average Bonchev–Trinajstić information content (AvgIpc) is 2.39. The Bertz CT molecular complexity index is 168. The van der Waals surface area contributed by atoms with E-state index in [4.69, 9.17) is 0 Å². The van der Waals surface area contributed by atoms with Crippen LogP contribution in [-0.2, 0) is 13.5 Å². The minimum Gasteiger partial charge on any atom is -0.338 e. The number of rotatable bonds is 1. The minimum absolute atomic E-state index is 1.07. The first-order valence-electron chi connectivity index (χ1n) is 3.79. The van der Waals surface area contributed by atoms with Crippen molar-refractivity contribution in [3.05, 3.63) is 18.2 Å². The fourth-order valence-corrected chi connectivity index (χ4v) is 0.725. The summed E-state index contributed by atoms with van der Waals surface area (Å²) >= 11 is 0. The van der Waals surface area contributed by atoms with Gasteiger partial charge in [-0.15, -0.1) is 0 Å². The highest BCUT2D eigenvalue weighted by Gasteiger charge is 1.89. The van der Waals surface area contributed by atoms with E-state index in [9.17, 15) is 0 Å². The van der Waals surface area contributed by atoms with Crippen LogP contribution in [0, 0.1) is 0 Å². The molecule has 0 atom stereocenters. The van der Waals surface area contributed by atoms with E-state index < -0.39 is 0 Å². The molecule has 0 saturated heterocycles. The zero-order chi connectivity index (χ0) is 7.98. The van der Waals surface area contributed by atoms with Gasteiger partial charge in [-0.2, -0.15) is 0 Å². The highest BCUT2D eigenvalue weighted by molar-refractivity contribution is 4.95. The summed E-state index contributed by atoms with van der Waals surface area (Å²) in [5.41, 5.74) is 1.28.